The van der Waals surface area contributed by atoms with Crippen LogP contribution >= 0.6 is 0 Å². The van der Waals surface area contributed by atoms with Gasteiger partial charge < -0.3 is 15.4 Å². The Labute approximate surface area is 110 Å². The van der Waals surface area contributed by atoms with E-state index in [9.17, 15) is 4.79 Å². The molecule has 1 fully saturated rings. The molecule has 5 nitrogen and oxygen atoms in total. The molecule has 18 heavy (non-hydrogen) atoms. The quantitative estimate of drug-likeness (QED) is 0.734. The number of nitrogens with two attached hydrogens (primary N) is 1. The molecular weight excluding hydrogens is 230 g/mol. The molecule has 1 saturated heterocycles. The van der Waals surface area contributed by atoms with E-state index in [1.54, 1.807) is 6.92 Å². The second-order valence-corrected chi connectivity index (χ2v) is 5.66. The van der Waals surface area contributed by atoms with Gasteiger partial charge in [0, 0.05) is 19.1 Å². The third-order valence-electron chi connectivity index (χ3n) is 3.75. The molecule has 0 aliphatic carbocycles. The largest absolute Gasteiger partial charge is 0.468 e. The molecule has 0 aromatic carbocycles. The zero-order chi connectivity index (χ0) is 13.8. The summed E-state index contributed by atoms with van der Waals surface area (Å²) in [6, 6.07) is 0.506. The van der Waals surface area contributed by atoms with Crippen molar-refractivity contribution in [3.8, 4) is 0 Å². The number of hydrogen-bond donors (Lipinski definition) is 1. The lowest BCUT2D eigenvalue weighted by atomic mass is 9.99. The monoisotopic (exact) mass is 257 g/mol. The summed E-state index contributed by atoms with van der Waals surface area (Å²) in [6.07, 6.45) is 1.80. The Hall–Kier alpha value is -0.650. The molecule has 0 amide bonds. The summed E-state index contributed by atoms with van der Waals surface area (Å²) in [5.41, 5.74) is 5.11. The number of carbonyl (C=O) groups excluding carboxylic acids is 1. The first-order valence-corrected chi connectivity index (χ1v) is 6.66. The fourth-order valence-corrected chi connectivity index (χ4v) is 2.47. The zero-order valence-corrected chi connectivity index (χ0v) is 12.1. The molecule has 0 aromatic rings. The van der Waals surface area contributed by atoms with Gasteiger partial charge in [-0.25, -0.2) is 0 Å². The van der Waals surface area contributed by atoms with Gasteiger partial charge in [-0.1, -0.05) is 0 Å². The van der Waals surface area contributed by atoms with E-state index in [1.807, 2.05) is 0 Å². The van der Waals surface area contributed by atoms with Crippen LogP contribution in [-0.2, 0) is 9.53 Å². The Morgan fingerprint density at radius 1 is 1.50 bits per heavy atom. The lowest BCUT2D eigenvalue weighted by Crippen LogP contribution is -2.49. The summed E-state index contributed by atoms with van der Waals surface area (Å²) in [5.74, 6) is -0.331. The summed E-state index contributed by atoms with van der Waals surface area (Å²) in [5, 5.41) is 0. The summed E-state index contributed by atoms with van der Waals surface area (Å²) in [4.78, 5) is 16.3. The molecule has 106 valence electrons. The molecule has 1 aliphatic rings. The zero-order valence-electron chi connectivity index (χ0n) is 12.1. The van der Waals surface area contributed by atoms with Crippen molar-refractivity contribution in [1.29, 1.82) is 0 Å². The van der Waals surface area contributed by atoms with E-state index in [1.165, 1.54) is 13.5 Å². The van der Waals surface area contributed by atoms with Crippen molar-refractivity contribution in [2.45, 2.75) is 38.3 Å². The second-order valence-electron chi connectivity index (χ2n) is 5.66. The van der Waals surface area contributed by atoms with Gasteiger partial charge in [0.05, 0.1) is 7.11 Å². The molecule has 0 bridgehead atoms. The number of ether oxygens (including phenoxy) is 1. The molecule has 2 atom stereocenters. The smallest absolute Gasteiger partial charge is 0.325 e. The van der Waals surface area contributed by atoms with Crippen LogP contribution < -0.4 is 5.73 Å². The maximum absolute atomic E-state index is 11.5. The molecular formula is C13H27N3O2. The highest BCUT2D eigenvalue weighted by Gasteiger charge is 2.30. The Bertz CT molecular complexity index is 281. The molecule has 0 spiro atoms. The van der Waals surface area contributed by atoms with E-state index in [0.717, 1.165) is 26.2 Å². The van der Waals surface area contributed by atoms with Crippen LogP contribution in [0.15, 0.2) is 0 Å². The van der Waals surface area contributed by atoms with Gasteiger partial charge in [0.1, 0.15) is 5.54 Å². The van der Waals surface area contributed by atoms with Crippen molar-refractivity contribution in [2.24, 2.45) is 5.73 Å². The second kappa shape index (κ2) is 6.50. The first kappa shape index (κ1) is 15.4. The fraction of sp³-hybridized carbons (Fsp3) is 0.923. The highest BCUT2D eigenvalue weighted by molar-refractivity contribution is 5.79. The van der Waals surface area contributed by atoms with E-state index >= 15 is 0 Å². The van der Waals surface area contributed by atoms with Gasteiger partial charge in [0.25, 0.3) is 0 Å². The molecule has 2 unspecified atom stereocenters. The minimum atomic E-state index is -0.882. The topological polar surface area (TPSA) is 58.8 Å². The number of nitrogens with zero attached hydrogens (tertiary/aromatic N) is 2. The molecule has 0 saturated carbocycles. The van der Waals surface area contributed by atoms with Gasteiger partial charge >= 0.3 is 5.97 Å². The number of rotatable bonds is 4. The van der Waals surface area contributed by atoms with E-state index < -0.39 is 5.54 Å². The fourth-order valence-electron chi connectivity index (χ4n) is 2.47. The molecule has 5 heteroatoms. The van der Waals surface area contributed by atoms with Crippen LogP contribution in [0.25, 0.3) is 0 Å². The Morgan fingerprint density at radius 2 is 2.17 bits per heavy atom. The average Bonchev–Trinajstić information content (AvgIpc) is 2.46. The van der Waals surface area contributed by atoms with Crippen molar-refractivity contribution in [3.05, 3.63) is 0 Å². The molecule has 1 rings (SSSR count). The third kappa shape index (κ3) is 4.23. The first-order valence-electron chi connectivity index (χ1n) is 6.66. The van der Waals surface area contributed by atoms with Gasteiger partial charge in [-0.05, 0) is 46.8 Å². The van der Waals surface area contributed by atoms with Crippen LogP contribution in [0.1, 0.15) is 26.7 Å². The standard InChI is InChI=1S/C13H27N3O2/c1-11-10-15(3)7-5-8-16(11)9-6-13(2,14)12(17)18-4/h11H,5-10,14H2,1-4H3. The lowest BCUT2D eigenvalue weighted by Gasteiger charge is -2.31. The number of methoxy groups -OCH3 is 1. The maximum Gasteiger partial charge on any atom is 0.325 e. The predicted molar refractivity (Wildman–Crippen MR) is 72.4 cm³/mol. The normalized spacial score (nSPS) is 26.4. The van der Waals surface area contributed by atoms with Crippen LogP contribution in [0.3, 0.4) is 0 Å². The van der Waals surface area contributed by atoms with Crippen molar-refractivity contribution in [1.82, 2.24) is 9.80 Å². The molecule has 1 aliphatic heterocycles. The minimum absolute atomic E-state index is 0.331. The molecule has 2 N–H and O–H groups in total. The van der Waals surface area contributed by atoms with E-state index in [0.29, 0.717) is 12.5 Å². The highest BCUT2D eigenvalue weighted by atomic mass is 16.5. The maximum atomic E-state index is 11.5. The Balaban J connectivity index is 2.49. The van der Waals surface area contributed by atoms with Crippen molar-refractivity contribution in [3.63, 3.8) is 0 Å². The van der Waals surface area contributed by atoms with Crippen LogP contribution in [0.5, 0.6) is 0 Å². The summed E-state index contributed by atoms with van der Waals surface area (Å²) in [7, 11) is 3.54. The first-order chi connectivity index (χ1) is 8.36. The Morgan fingerprint density at radius 3 is 2.78 bits per heavy atom. The minimum Gasteiger partial charge on any atom is -0.468 e. The van der Waals surface area contributed by atoms with Crippen molar-refractivity contribution in [2.75, 3.05) is 40.3 Å². The predicted octanol–water partition coefficient (Wildman–Crippen LogP) is 0.293. The van der Waals surface area contributed by atoms with Crippen molar-refractivity contribution < 1.29 is 9.53 Å². The van der Waals surface area contributed by atoms with Gasteiger partial charge in [-0.2, -0.15) is 0 Å². The van der Waals surface area contributed by atoms with E-state index in [-0.39, 0.29) is 5.97 Å². The Kier molecular flexibility index (Phi) is 5.56. The number of esters is 1. The van der Waals surface area contributed by atoms with Crippen LogP contribution in [0.2, 0.25) is 0 Å². The van der Waals surface area contributed by atoms with E-state index in [2.05, 4.69) is 23.8 Å². The van der Waals surface area contributed by atoms with Gasteiger partial charge in [0.2, 0.25) is 0 Å². The SMILES string of the molecule is COC(=O)C(C)(N)CCN1CCCN(C)CC1C. The summed E-state index contributed by atoms with van der Waals surface area (Å²) in [6.45, 7) is 8.10. The van der Waals surface area contributed by atoms with Crippen LogP contribution in [0.4, 0.5) is 0 Å². The number of carbonyl (C=O) groups is 1. The number of hydrogen-bond acceptors (Lipinski definition) is 5. The summed E-state index contributed by atoms with van der Waals surface area (Å²) < 4.78 is 4.73. The van der Waals surface area contributed by atoms with Gasteiger partial charge in [-0.15, -0.1) is 0 Å². The highest BCUT2D eigenvalue weighted by Crippen LogP contribution is 2.14. The van der Waals surface area contributed by atoms with Crippen LogP contribution in [0, 0.1) is 0 Å². The van der Waals surface area contributed by atoms with Crippen LogP contribution in [-0.4, -0.2) is 67.7 Å². The van der Waals surface area contributed by atoms with Gasteiger partial charge in [-0.3, -0.25) is 9.69 Å². The molecule has 1 heterocycles. The number of likely N-dealkylation sites (N-methyl/N-ethyl adjacent to an activating group) is 1. The van der Waals surface area contributed by atoms with Crippen molar-refractivity contribution >= 4 is 5.97 Å². The van der Waals surface area contributed by atoms with Gasteiger partial charge in [0.15, 0.2) is 0 Å². The summed E-state index contributed by atoms with van der Waals surface area (Å²) >= 11 is 0. The molecule has 0 aromatic heterocycles. The van der Waals surface area contributed by atoms with E-state index in [4.69, 9.17) is 10.5 Å². The third-order valence-corrected chi connectivity index (χ3v) is 3.75. The average molecular weight is 257 g/mol. The lowest BCUT2D eigenvalue weighted by molar-refractivity contribution is -0.146. The molecule has 0 radical (unpaired) electrons.